The summed E-state index contributed by atoms with van der Waals surface area (Å²) in [4.78, 5) is 61.3. The first-order chi connectivity index (χ1) is 18.6. The second kappa shape index (κ2) is 16.9. The summed E-state index contributed by atoms with van der Waals surface area (Å²) in [6.45, 7) is -2.08. The van der Waals surface area contributed by atoms with Crippen molar-refractivity contribution >= 4 is 34.2 Å². The molecule has 228 valence electrons. The fourth-order valence-corrected chi connectivity index (χ4v) is 5.92. The van der Waals surface area contributed by atoms with Gasteiger partial charge in [0.2, 0.25) is 5.91 Å². The molecule has 42 heavy (non-hydrogen) atoms. The molecule has 1 amide bonds. The number of hydrogen-bond donors (Lipinski definition) is 8. The Balaban J connectivity index is 0.00000441. The van der Waals surface area contributed by atoms with Gasteiger partial charge >= 0.3 is 64.8 Å². The molecule has 0 saturated carbocycles. The van der Waals surface area contributed by atoms with E-state index < -0.39 is 107 Å². The van der Waals surface area contributed by atoms with Gasteiger partial charge in [0.15, 0.2) is 12.5 Å². The van der Waals surface area contributed by atoms with Gasteiger partial charge in [0.1, 0.15) is 42.7 Å². The van der Waals surface area contributed by atoms with E-state index >= 15 is 0 Å². The molecule has 1 aromatic heterocycles. The Bertz CT molecular complexity index is 1270. The molecule has 1 aromatic rings. The quantitative estimate of drug-likeness (QED) is 0.0610. The number of rotatable bonds is 11. The molecule has 0 spiro atoms. The zero-order valence-corrected chi connectivity index (χ0v) is 28.6. The molecule has 0 aromatic carbocycles. The van der Waals surface area contributed by atoms with Crippen LogP contribution in [0.2, 0.25) is 0 Å². The number of amides is 1. The molecule has 20 nitrogen and oxygen atoms in total. The third kappa shape index (κ3) is 10.2. The number of thiol groups is 1. The molecule has 7 N–H and O–H groups in total. The van der Waals surface area contributed by atoms with Crippen molar-refractivity contribution in [2.45, 2.75) is 55.2 Å². The maximum Gasteiger partial charge on any atom is 1.00 e. The molecule has 2 saturated heterocycles. The molecule has 2 fully saturated rings. The van der Waals surface area contributed by atoms with E-state index in [0.29, 0.717) is 4.57 Å². The van der Waals surface area contributed by atoms with Crippen molar-refractivity contribution < 1.29 is 131 Å². The summed E-state index contributed by atoms with van der Waals surface area (Å²) in [5.74, 6) is -1.33. The zero-order valence-electron chi connectivity index (χ0n) is 21.9. The Labute approximate surface area is 285 Å². The van der Waals surface area contributed by atoms with Crippen LogP contribution in [0.4, 0.5) is 0 Å². The molecule has 11 unspecified atom stereocenters. The average Bonchev–Trinajstić information content (AvgIpc) is 3.14. The standard InChI is InChI=1S/C17H27N3O17P2S.2Na/c21-3-6-11(24)13(26)10(18-9(23)5-40)16(35-6)36-39(31,32)37-38(29,30)33-4-7-12(25)14(27)15(34-7)20-2-1-8(22)19-17(20)28;;/h1-2,6-7,10-16,21,24-27,40H,3-5H2,(H,18,23)(H,29,30)(H,31,32)(H,19,22,28);;/q;2*+1/p-2. The Morgan fingerprint density at radius 3 is 2.24 bits per heavy atom. The summed E-state index contributed by atoms with van der Waals surface area (Å²) in [6.07, 6.45) is -13.6. The van der Waals surface area contributed by atoms with Crippen LogP contribution >= 0.6 is 28.3 Å². The van der Waals surface area contributed by atoms with Crippen molar-refractivity contribution in [2.75, 3.05) is 19.0 Å². The molecule has 0 bridgehead atoms. The number of aromatic amines is 1. The van der Waals surface area contributed by atoms with E-state index in [1.807, 2.05) is 4.98 Å². The van der Waals surface area contributed by atoms with E-state index in [4.69, 9.17) is 9.47 Å². The Morgan fingerprint density at radius 2 is 1.67 bits per heavy atom. The number of carbonyl (C=O) groups is 1. The van der Waals surface area contributed by atoms with Gasteiger partial charge in [0.05, 0.1) is 19.0 Å². The van der Waals surface area contributed by atoms with Gasteiger partial charge in [0, 0.05) is 12.3 Å². The maximum atomic E-state index is 12.3. The van der Waals surface area contributed by atoms with Crippen molar-refractivity contribution in [1.29, 1.82) is 0 Å². The van der Waals surface area contributed by atoms with Crippen LogP contribution < -0.4 is 85.5 Å². The number of aliphatic hydroxyl groups excluding tert-OH is 5. The number of phosphoric ester groups is 2. The maximum absolute atomic E-state index is 12.3. The molecule has 2 aliphatic heterocycles. The number of aliphatic hydroxyl groups is 5. The van der Waals surface area contributed by atoms with Crippen molar-refractivity contribution in [3.8, 4) is 0 Å². The SMILES string of the molecule is O=C(CS)NC1C(OP(=O)([O-])OP(=O)([O-])OCC2OC(n3ccc(=O)[nH]c3=O)C(O)C2O)OC(CO)C(O)C1O.[Na+].[Na+]. The van der Waals surface area contributed by atoms with E-state index in [9.17, 15) is 58.8 Å². The van der Waals surface area contributed by atoms with Crippen molar-refractivity contribution in [2.24, 2.45) is 0 Å². The first-order valence-electron chi connectivity index (χ1n) is 11.1. The van der Waals surface area contributed by atoms with Crippen LogP contribution in [0.1, 0.15) is 6.23 Å². The first-order valence-corrected chi connectivity index (χ1v) is 14.7. The predicted molar refractivity (Wildman–Crippen MR) is 124 cm³/mol. The van der Waals surface area contributed by atoms with Gasteiger partial charge < -0.3 is 54.6 Å². The summed E-state index contributed by atoms with van der Waals surface area (Å²) in [6, 6.07) is -0.890. The van der Waals surface area contributed by atoms with Crippen LogP contribution in [0.25, 0.3) is 0 Å². The molecule has 2 aliphatic rings. The predicted octanol–water partition coefficient (Wildman–Crippen LogP) is -12.0. The number of phosphoric acid groups is 2. The molecule has 11 atom stereocenters. The average molecular weight is 683 g/mol. The summed E-state index contributed by atoms with van der Waals surface area (Å²) in [5.41, 5.74) is -1.79. The fourth-order valence-electron chi connectivity index (χ4n) is 3.74. The number of carbonyl (C=O) groups excluding carboxylic acids is 1. The third-order valence-corrected chi connectivity index (χ3v) is 8.46. The van der Waals surface area contributed by atoms with Gasteiger partial charge in [-0.1, -0.05) is 0 Å². The smallest absolute Gasteiger partial charge is 0.756 e. The molecular formula is C17H25N3Na2O17P2S. The minimum absolute atomic E-state index is 0. The molecule has 3 heterocycles. The van der Waals surface area contributed by atoms with Gasteiger partial charge in [0.25, 0.3) is 21.2 Å². The summed E-state index contributed by atoms with van der Waals surface area (Å²) < 4.78 is 48.4. The summed E-state index contributed by atoms with van der Waals surface area (Å²) in [7, 11) is -11.8. The molecule has 0 aliphatic carbocycles. The van der Waals surface area contributed by atoms with Crippen LogP contribution in [-0.2, 0) is 36.8 Å². The number of nitrogens with one attached hydrogen (secondary N) is 2. The Kier molecular flexibility index (Phi) is 16.3. The van der Waals surface area contributed by atoms with Crippen LogP contribution in [0, 0.1) is 0 Å². The van der Waals surface area contributed by atoms with E-state index in [1.165, 1.54) is 0 Å². The normalized spacial score (nSPS) is 33.9. The van der Waals surface area contributed by atoms with Gasteiger partial charge in [-0.25, -0.2) is 9.11 Å². The Morgan fingerprint density at radius 1 is 1.05 bits per heavy atom. The van der Waals surface area contributed by atoms with Crippen LogP contribution in [0.15, 0.2) is 21.9 Å². The van der Waals surface area contributed by atoms with E-state index in [2.05, 4.69) is 31.3 Å². The van der Waals surface area contributed by atoms with Crippen molar-refractivity contribution in [3.63, 3.8) is 0 Å². The molecular weight excluding hydrogens is 658 g/mol. The summed E-state index contributed by atoms with van der Waals surface area (Å²) in [5, 5.41) is 51.9. The van der Waals surface area contributed by atoms with Gasteiger partial charge in [-0.15, -0.1) is 0 Å². The first kappa shape index (κ1) is 40.5. The molecule has 3 rings (SSSR count). The van der Waals surface area contributed by atoms with Gasteiger partial charge in [-0.3, -0.25) is 32.8 Å². The minimum atomic E-state index is -5.97. The van der Waals surface area contributed by atoms with Crippen LogP contribution in [0.5, 0.6) is 0 Å². The van der Waals surface area contributed by atoms with Crippen molar-refractivity contribution in [3.05, 3.63) is 33.1 Å². The number of ether oxygens (including phenoxy) is 2. The fraction of sp³-hybridized carbons (Fsp3) is 0.706. The molecule has 0 radical (unpaired) electrons. The number of nitrogens with zero attached hydrogens (tertiary/aromatic N) is 1. The largest absolute Gasteiger partial charge is 1.00 e. The molecule has 25 heteroatoms. The minimum Gasteiger partial charge on any atom is -0.756 e. The zero-order chi connectivity index (χ0) is 30.0. The van der Waals surface area contributed by atoms with E-state index in [1.54, 1.807) is 0 Å². The van der Waals surface area contributed by atoms with Crippen LogP contribution in [-0.4, -0.2) is 109 Å². The second-order valence-corrected chi connectivity index (χ2v) is 11.6. The topological polar surface area (TPSA) is 312 Å². The third-order valence-electron chi connectivity index (χ3n) is 5.64. The number of hydrogen-bond acceptors (Lipinski definition) is 18. The monoisotopic (exact) mass is 683 g/mol. The second-order valence-electron chi connectivity index (χ2n) is 8.40. The number of aromatic nitrogens is 2. The van der Waals surface area contributed by atoms with Gasteiger partial charge in [-0.05, 0) is 0 Å². The summed E-state index contributed by atoms with van der Waals surface area (Å²) >= 11 is 3.69. The van der Waals surface area contributed by atoms with Crippen LogP contribution in [0.3, 0.4) is 0 Å². The van der Waals surface area contributed by atoms with E-state index in [0.717, 1.165) is 12.3 Å². The number of H-pyrrole nitrogens is 1. The van der Waals surface area contributed by atoms with E-state index in [-0.39, 0.29) is 59.1 Å². The van der Waals surface area contributed by atoms with Crippen molar-refractivity contribution in [1.82, 2.24) is 14.9 Å². The van der Waals surface area contributed by atoms with Gasteiger partial charge in [-0.2, -0.15) is 12.6 Å². The Hall–Kier alpha value is 0.480.